The molecule has 0 bridgehead atoms. The highest BCUT2D eigenvalue weighted by Crippen LogP contribution is 2.25. The number of hydrogen-bond donors (Lipinski definition) is 3. The molecule has 9 heteroatoms. The molecule has 0 atom stereocenters. The van der Waals surface area contributed by atoms with E-state index >= 15 is 0 Å². The summed E-state index contributed by atoms with van der Waals surface area (Å²) in [6.07, 6.45) is 1.57. The number of carbonyl (C=O) groups is 2. The van der Waals surface area contributed by atoms with Gasteiger partial charge in [-0.2, -0.15) is 0 Å². The number of hydrogen-bond acceptors (Lipinski definition) is 6. The van der Waals surface area contributed by atoms with Gasteiger partial charge < -0.3 is 20.1 Å². The van der Waals surface area contributed by atoms with Crippen molar-refractivity contribution < 1.29 is 14.1 Å². The lowest BCUT2D eigenvalue weighted by Crippen LogP contribution is -2.30. The second-order valence-corrected chi connectivity index (χ2v) is 7.16. The van der Waals surface area contributed by atoms with Gasteiger partial charge in [-0.15, -0.1) is 0 Å². The molecule has 28 heavy (non-hydrogen) atoms. The Bertz CT molecular complexity index is 933. The molecule has 0 radical (unpaired) electrons. The molecular formula is C19H23N5O3S. The number of nitrogens with one attached hydrogen (secondary N) is 3. The molecule has 2 amide bonds. The number of aromatic amines is 1. The second-order valence-electron chi connectivity index (χ2n) is 6.19. The van der Waals surface area contributed by atoms with Gasteiger partial charge in [0.05, 0.1) is 11.0 Å². The van der Waals surface area contributed by atoms with Gasteiger partial charge in [-0.3, -0.25) is 9.59 Å². The van der Waals surface area contributed by atoms with E-state index in [9.17, 15) is 9.59 Å². The van der Waals surface area contributed by atoms with Crippen molar-refractivity contribution in [3.8, 4) is 0 Å². The number of amides is 2. The Morgan fingerprint density at radius 3 is 2.54 bits per heavy atom. The molecule has 8 nitrogen and oxygen atoms in total. The number of carbonyl (C=O) groups excluding carboxylic acids is 2. The van der Waals surface area contributed by atoms with Gasteiger partial charge in [0.25, 0.3) is 11.8 Å². The maximum absolute atomic E-state index is 12.6. The van der Waals surface area contributed by atoms with Gasteiger partial charge in [0, 0.05) is 18.8 Å². The van der Waals surface area contributed by atoms with Crippen molar-refractivity contribution in [2.24, 2.45) is 0 Å². The van der Waals surface area contributed by atoms with Gasteiger partial charge in [-0.05, 0) is 25.0 Å². The van der Waals surface area contributed by atoms with E-state index in [2.05, 4.69) is 25.8 Å². The van der Waals surface area contributed by atoms with Gasteiger partial charge in [0.1, 0.15) is 11.3 Å². The lowest BCUT2D eigenvalue weighted by Gasteiger charge is -2.05. The van der Waals surface area contributed by atoms with Gasteiger partial charge in [-0.25, -0.2) is 4.98 Å². The summed E-state index contributed by atoms with van der Waals surface area (Å²) in [6, 6.07) is 7.73. The number of fused-ring (bicyclic) bond motifs is 1. The molecular weight excluding hydrogens is 378 g/mol. The van der Waals surface area contributed by atoms with Gasteiger partial charge in [0.2, 0.25) is 5.76 Å². The largest absolute Gasteiger partial charge is 0.352 e. The molecule has 0 aliphatic rings. The maximum atomic E-state index is 12.6. The number of benzene rings is 1. The van der Waals surface area contributed by atoms with Crippen molar-refractivity contribution in [3.05, 3.63) is 41.3 Å². The fourth-order valence-electron chi connectivity index (χ4n) is 2.59. The molecule has 3 N–H and O–H groups in total. The zero-order chi connectivity index (χ0) is 19.9. The highest BCUT2D eigenvalue weighted by molar-refractivity contribution is 7.98. The van der Waals surface area contributed by atoms with Crippen LogP contribution in [-0.4, -0.2) is 40.0 Å². The fourth-order valence-corrected chi connectivity index (χ4v) is 3.41. The fraction of sp³-hybridized carbons (Fsp3) is 0.368. The topological polar surface area (TPSA) is 113 Å². The van der Waals surface area contributed by atoms with E-state index in [4.69, 9.17) is 4.52 Å². The Morgan fingerprint density at radius 1 is 1.11 bits per heavy atom. The third kappa shape index (κ3) is 4.53. The molecule has 2 aromatic heterocycles. The minimum Gasteiger partial charge on any atom is -0.352 e. The summed E-state index contributed by atoms with van der Waals surface area (Å²) in [5.74, 6) is -0.498. The third-order valence-electron chi connectivity index (χ3n) is 3.98. The van der Waals surface area contributed by atoms with Crippen molar-refractivity contribution in [2.45, 2.75) is 37.6 Å². The minimum atomic E-state index is -0.434. The van der Waals surface area contributed by atoms with Crippen LogP contribution in [0.5, 0.6) is 0 Å². The first kappa shape index (κ1) is 19.9. The van der Waals surface area contributed by atoms with E-state index in [1.165, 1.54) is 11.8 Å². The second kappa shape index (κ2) is 9.41. The molecule has 3 rings (SSSR count). The molecule has 0 aliphatic carbocycles. The summed E-state index contributed by atoms with van der Waals surface area (Å²) in [7, 11) is 0. The number of H-pyrrole nitrogens is 1. The van der Waals surface area contributed by atoms with Crippen LogP contribution in [0.3, 0.4) is 0 Å². The Kier molecular flexibility index (Phi) is 6.70. The summed E-state index contributed by atoms with van der Waals surface area (Å²) in [5.41, 5.74) is 2.41. The number of thioether (sulfide) groups is 1. The summed E-state index contributed by atoms with van der Waals surface area (Å²) in [5, 5.41) is 10.2. The first-order chi connectivity index (χ1) is 13.6. The zero-order valence-electron chi connectivity index (χ0n) is 15.9. The summed E-state index contributed by atoms with van der Waals surface area (Å²) >= 11 is 1.40. The van der Waals surface area contributed by atoms with E-state index < -0.39 is 5.91 Å². The first-order valence-corrected chi connectivity index (χ1v) is 10.2. The quantitative estimate of drug-likeness (QED) is 0.475. The predicted molar refractivity (Wildman–Crippen MR) is 107 cm³/mol. The normalized spacial score (nSPS) is 10.9. The van der Waals surface area contributed by atoms with Gasteiger partial charge in [0.15, 0.2) is 5.16 Å². The molecule has 148 valence electrons. The summed E-state index contributed by atoms with van der Waals surface area (Å²) in [4.78, 5) is 32.7. The van der Waals surface area contributed by atoms with E-state index in [0.29, 0.717) is 29.7 Å². The van der Waals surface area contributed by atoms with Crippen molar-refractivity contribution in [2.75, 3.05) is 13.1 Å². The molecule has 1 aromatic carbocycles. The van der Waals surface area contributed by atoms with Crippen LogP contribution in [0.25, 0.3) is 11.0 Å². The van der Waals surface area contributed by atoms with Crippen molar-refractivity contribution in [3.63, 3.8) is 0 Å². The number of rotatable bonds is 9. The van der Waals surface area contributed by atoms with Gasteiger partial charge in [-0.1, -0.05) is 42.9 Å². The monoisotopic (exact) mass is 401 g/mol. The smallest absolute Gasteiger partial charge is 0.290 e. The molecule has 0 unspecified atom stereocenters. The van der Waals surface area contributed by atoms with Crippen LogP contribution in [0.2, 0.25) is 0 Å². The van der Waals surface area contributed by atoms with Crippen LogP contribution in [-0.2, 0) is 5.75 Å². The Hall–Kier alpha value is -2.81. The van der Waals surface area contributed by atoms with Crippen molar-refractivity contribution in [1.82, 2.24) is 25.8 Å². The lowest BCUT2D eigenvalue weighted by molar-refractivity contribution is 0.0892. The zero-order valence-corrected chi connectivity index (χ0v) is 16.7. The van der Waals surface area contributed by atoms with Crippen LogP contribution in [0.1, 0.15) is 53.3 Å². The summed E-state index contributed by atoms with van der Waals surface area (Å²) < 4.78 is 5.24. The van der Waals surface area contributed by atoms with Gasteiger partial charge >= 0.3 is 0 Å². The van der Waals surface area contributed by atoms with Crippen LogP contribution in [0, 0.1) is 0 Å². The van der Waals surface area contributed by atoms with Crippen LogP contribution in [0.4, 0.5) is 0 Å². The Balaban J connectivity index is 1.81. The molecule has 0 saturated carbocycles. The van der Waals surface area contributed by atoms with Crippen LogP contribution >= 0.6 is 11.8 Å². The molecule has 0 fully saturated rings. The average molecular weight is 401 g/mol. The number of para-hydroxylation sites is 2. The van der Waals surface area contributed by atoms with E-state index in [-0.39, 0.29) is 17.2 Å². The molecule has 3 aromatic rings. The number of nitrogens with zero attached hydrogens (tertiary/aromatic N) is 2. The lowest BCUT2D eigenvalue weighted by atomic mass is 10.1. The highest BCUT2D eigenvalue weighted by Gasteiger charge is 2.27. The van der Waals surface area contributed by atoms with E-state index in [1.54, 1.807) is 0 Å². The molecule has 0 aliphatic heterocycles. The number of imidazole rings is 1. The third-order valence-corrected chi connectivity index (χ3v) is 4.86. The standard InChI is InChI=1S/C19H23N5O3S/c1-3-9-20-17(25)15-14(24-27-16(15)18(26)21-10-4-2)11-28-19-22-12-7-5-6-8-13(12)23-19/h5-8H,3-4,9-11H2,1-2H3,(H,20,25)(H,21,26)(H,22,23). The summed E-state index contributed by atoms with van der Waals surface area (Å²) in [6.45, 7) is 4.92. The van der Waals surface area contributed by atoms with E-state index in [1.807, 2.05) is 38.1 Å². The Labute approximate surface area is 166 Å². The van der Waals surface area contributed by atoms with E-state index in [0.717, 1.165) is 23.9 Å². The molecule has 0 saturated heterocycles. The molecule has 0 spiro atoms. The van der Waals surface area contributed by atoms with Crippen molar-refractivity contribution in [1.29, 1.82) is 0 Å². The Morgan fingerprint density at radius 2 is 1.82 bits per heavy atom. The number of aromatic nitrogens is 3. The highest BCUT2D eigenvalue weighted by atomic mass is 32.2. The predicted octanol–water partition coefficient (Wildman–Crippen LogP) is 3.12. The first-order valence-electron chi connectivity index (χ1n) is 9.26. The minimum absolute atomic E-state index is 0.0535. The SMILES string of the molecule is CCCNC(=O)c1onc(CSc2nc3ccccc3[nH]2)c1C(=O)NCCC. The van der Waals surface area contributed by atoms with Crippen LogP contribution in [0.15, 0.2) is 33.9 Å². The van der Waals surface area contributed by atoms with Crippen LogP contribution < -0.4 is 10.6 Å². The maximum Gasteiger partial charge on any atom is 0.290 e. The average Bonchev–Trinajstić information content (AvgIpc) is 3.32. The van der Waals surface area contributed by atoms with Crippen molar-refractivity contribution >= 4 is 34.6 Å². The molecule has 2 heterocycles.